The van der Waals surface area contributed by atoms with Crippen LogP contribution in [0.4, 0.5) is 5.69 Å². The van der Waals surface area contributed by atoms with Gasteiger partial charge in [-0.15, -0.1) is 0 Å². The number of anilines is 1. The molecule has 0 saturated heterocycles. The largest absolute Gasteiger partial charge is 0.376 e. The van der Waals surface area contributed by atoms with Crippen LogP contribution in [0.15, 0.2) is 30.6 Å². The van der Waals surface area contributed by atoms with E-state index in [1.807, 2.05) is 31.1 Å². The molecule has 1 N–H and O–H groups in total. The minimum Gasteiger partial charge on any atom is -0.376 e. The number of nitrogens with zero attached hydrogens (tertiary/aromatic N) is 4. The summed E-state index contributed by atoms with van der Waals surface area (Å²) in [7, 11) is 3.95. The molecule has 0 saturated carbocycles. The van der Waals surface area contributed by atoms with E-state index < -0.39 is 0 Å². The van der Waals surface area contributed by atoms with Crippen molar-refractivity contribution in [3.63, 3.8) is 0 Å². The third-order valence-electron chi connectivity index (χ3n) is 2.85. The molecule has 0 aliphatic heterocycles. The quantitative estimate of drug-likeness (QED) is 0.780. The minimum atomic E-state index is 0.598. The first-order valence-electron chi connectivity index (χ1n) is 5.79. The van der Waals surface area contributed by atoms with Gasteiger partial charge in [0.15, 0.2) is 11.5 Å². The number of hydrogen-bond donors (Lipinski definition) is 1. The molecule has 0 fully saturated rings. The molecule has 0 unspecified atom stereocenters. The lowest BCUT2D eigenvalue weighted by atomic mass is 10.3. The van der Waals surface area contributed by atoms with Crippen LogP contribution in [0, 0.1) is 0 Å². The Balaban J connectivity index is 2.06. The van der Waals surface area contributed by atoms with Crippen molar-refractivity contribution in [3.05, 3.63) is 35.6 Å². The zero-order valence-electron chi connectivity index (χ0n) is 10.6. The molecule has 0 spiro atoms. The molecular weight excluding hydrogens is 262 g/mol. The molecule has 0 atom stereocenters. The highest BCUT2D eigenvalue weighted by Crippen LogP contribution is 2.23. The predicted molar refractivity (Wildman–Crippen MR) is 76.5 cm³/mol. The molecule has 6 heteroatoms. The maximum absolute atomic E-state index is 6.09. The second-order valence-corrected chi connectivity index (χ2v) is 4.78. The average molecular weight is 274 g/mol. The molecule has 0 bridgehead atoms. The van der Waals surface area contributed by atoms with Crippen molar-refractivity contribution in [1.29, 1.82) is 0 Å². The second kappa shape index (κ2) is 4.51. The predicted octanol–water partition coefficient (Wildman–Crippen LogP) is 2.74. The lowest BCUT2D eigenvalue weighted by Crippen LogP contribution is -2.08. The van der Waals surface area contributed by atoms with Crippen LogP contribution in [0.3, 0.4) is 0 Å². The van der Waals surface area contributed by atoms with Gasteiger partial charge in [0, 0.05) is 20.3 Å². The molecule has 19 heavy (non-hydrogen) atoms. The van der Waals surface area contributed by atoms with Crippen LogP contribution in [0.2, 0.25) is 5.02 Å². The molecule has 0 amide bonds. The molecule has 5 nitrogen and oxygen atoms in total. The van der Waals surface area contributed by atoms with E-state index in [0.717, 1.165) is 16.9 Å². The summed E-state index contributed by atoms with van der Waals surface area (Å²) in [6, 6.07) is 5.64. The van der Waals surface area contributed by atoms with Crippen LogP contribution >= 0.6 is 11.6 Å². The second-order valence-electron chi connectivity index (χ2n) is 4.37. The summed E-state index contributed by atoms with van der Waals surface area (Å²) < 4.78 is 0. The van der Waals surface area contributed by atoms with Gasteiger partial charge in [0.2, 0.25) is 0 Å². The first kappa shape index (κ1) is 11.9. The third kappa shape index (κ3) is 2.13. The fraction of sp³-hybridized carbons (Fsp3) is 0.154. The topological polar surface area (TPSA) is 57.7 Å². The third-order valence-corrected chi connectivity index (χ3v) is 3.16. The van der Waals surface area contributed by atoms with E-state index in [4.69, 9.17) is 11.6 Å². The van der Waals surface area contributed by atoms with Gasteiger partial charge in [-0.25, -0.2) is 9.97 Å². The Morgan fingerprint density at radius 2 is 2.00 bits per heavy atom. The van der Waals surface area contributed by atoms with Crippen LogP contribution in [-0.4, -0.2) is 34.0 Å². The van der Waals surface area contributed by atoms with Gasteiger partial charge in [-0.05, 0) is 18.2 Å². The number of aromatic amines is 1. The van der Waals surface area contributed by atoms with E-state index in [0.29, 0.717) is 16.5 Å². The van der Waals surface area contributed by atoms with E-state index >= 15 is 0 Å². The fourth-order valence-corrected chi connectivity index (χ4v) is 1.98. The van der Waals surface area contributed by atoms with Crippen LogP contribution in [0.25, 0.3) is 22.7 Å². The molecule has 3 aromatic rings. The Morgan fingerprint density at radius 1 is 1.16 bits per heavy atom. The zero-order chi connectivity index (χ0) is 13.4. The SMILES string of the molecule is CN(C)c1ccc(-c2nc3nccc(Cl)c3[nH]2)nc1. The van der Waals surface area contributed by atoms with Gasteiger partial charge in [-0.1, -0.05) is 11.6 Å². The van der Waals surface area contributed by atoms with Gasteiger partial charge < -0.3 is 9.88 Å². The van der Waals surface area contributed by atoms with Gasteiger partial charge >= 0.3 is 0 Å². The summed E-state index contributed by atoms with van der Waals surface area (Å²) in [6.45, 7) is 0. The Labute approximate surface area is 115 Å². The number of imidazole rings is 1. The summed E-state index contributed by atoms with van der Waals surface area (Å²) >= 11 is 6.09. The molecule has 96 valence electrons. The molecule has 3 rings (SSSR count). The van der Waals surface area contributed by atoms with E-state index in [1.54, 1.807) is 18.5 Å². The van der Waals surface area contributed by atoms with Crippen molar-refractivity contribution >= 4 is 28.5 Å². The average Bonchev–Trinajstić information content (AvgIpc) is 2.84. The van der Waals surface area contributed by atoms with Crippen molar-refractivity contribution in [2.75, 3.05) is 19.0 Å². The van der Waals surface area contributed by atoms with Crippen LogP contribution in [0.1, 0.15) is 0 Å². The fourth-order valence-electron chi connectivity index (χ4n) is 1.79. The number of halogens is 1. The molecule has 0 aliphatic carbocycles. The molecule has 0 aliphatic rings. The Bertz CT molecular complexity index is 717. The van der Waals surface area contributed by atoms with E-state index in [-0.39, 0.29) is 0 Å². The number of pyridine rings is 2. The standard InChI is InChI=1S/C13H12ClN5/c1-19(2)8-3-4-10(16-7-8)12-17-11-9(14)5-6-15-13(11)18-12/h3-7H,1-2H3,(H,15,17,18). The van der Waals surface area contributed by atoms with Crippen LogP contribution < -0.4 is 4.90 Å². The summed E-state index contributed by atoms with van der Waals surface area (Å²) in [4.78, 5) is 18.1. The van der Waals surface area contributed by atoms with Gasteiger partial charge in [0.25, 0.3) is 0 Å². The number of rotatable bonds is 2. The van der Waals surface area contributed by atoms with Crippen molar-refractivity contribution in [3.8, 4) is 11.5 Å². The Kier molecular flexibility index (Phi) is 2.83. The Morgan fingerprint density at radius 3 is 2.63 bits per heavy atom. The van der Waals surface area contributed by atoms with Crippen molar-refractivity contribution in [1.82, 2.24) is 19.9 Å². The summed E-state index contributed by atoms with van der Waals surface area (Å²) in [6.07, 6.45) is 3.44. The molecule has 0 aromatic carbocycles. The number of fused-ring (bicyclic) bond motifs is 1. The maximum Gasteiger partial charge on any atom is 0.179 e. The van der Waals surface area contributed by atoms with E-state index in [1.165, 1.54) is 0 Å². The number of nitrogens with one attached hydrogen (secondary N) is 1. The molecule has 0 radical (unpaired) electrons. The van der Waals surface area contributed by atoms with Gasteiger partial charge in [0.05, 0.1) is 16.9 Å². The summed E-state index contributed by atoms with van der Waals surface area (Å²) in [5, 5.41) is 0.605. The van der Waals surface area contributed by atoms with Crippen molar-refractivity contribution in [2.45, 2.75) is 0 Å². The van der Waals surface area contributed by atoms with E-state index in [2.05, 4.69) is 19.9 Å². The first-order valence-corrected chi connectivity index (χ1v) is 6.17. The normalized spacial score (nSPS) is 10.9. The molecule has 3 heterocycles. The number of H-pyrrole nitrogens is 1. The summed E-state index contributed by atoms with van der Waals surface area (Å²) in [5.41, 5.74) is 3.13. The number of hydrogen-bond acceptors (Lipinski definition) is 4. The van der Waals surface area contributed by atoms with Crippen LogP contribution in [-0.2, 0) is 0 Å². The van der Waals surface area contributed by atoms with Gasteiger partial charge in [-0.2, -0.15) is 0 Å². The van der Waals surface area contributed by atoms with Crippen LogP contribution in [0.5, 0.6) is 0 Å². The highest BCUT2D eigenvalue weighted by molar-refractivity contribution is 6.34. The monoisotopic (exact) mass is 273 g/mol. The van der Waals surface area contributed by atoms with Crippen molar-refractivity contribution < 1.29 is 0 Å². The summed E-state index contributed by atoms with van der Waals surface area (Å²) in [5.74, 6) is 0.668. The minimum absolute atomic E-state index is 0.598. The highest BCUT2D eigenvalue weighted by Gasteiger charge is 2.09. The number of aromatic nitrogens is 4. The lowest BCUT2D eigenvalue weighted by molar-refractivity contribution is 1.11. The van der Waals surface area contributed by atoms with E-state index in [9.17, 15) is 0 Å². The van der Waals surface area contributed by atoms with Crippen molar-refractivity contribution in [2.24, 2.45) is 0 Å². The van der Waals surface area contributed by atoms with Gasteiger partial charge in [0.1, 0.15) is 11.2 Å². The zero-order valence-corrected chi connectivity index (χ0v) is 11.3. The molecular formula is C13H12ClN5. The lowest BCUT2D eigenvalue weighted by Gasteiger charge is -2.11. The first-order chi connectivity index (χ1) is 9.15. The van der Waals surface area contributed by atoms with Gasteiger partial charge in [-0.3, -0.25) is 4.98 Å². The smallest absolute Gasteiger partial charge is 0.179 e. The maximum atomic E-state index is 6.09. The highest BCUT2D eigenvalue weighted by atomic mass is 35.5. The Hall–Kier alpha value is -2.14. The molecule has 3 aromatic heterocycles.